The first-order valence-corrected chi connectivity index (χ1v) is 15.9. The number of aryl methyl sites for hydroxylation is 1. The molecule has 0 aliphatic rings. The molecule has 0 aliphatic heterocycles. The van der Waals surface area contributed by atoms with Crippen molar-refractivity contribution >= 4 is 22.7 Å². The first-order valence-electron chi connectivity index (χ1n) is 15.9. The lowest BCUT2D eigenvalue weighted by Crippen LogP contribution is -2.44. The molecule has 1 N–H and O–H groups in total. The van der Waals surface area contributed by atoms with Crippen LogP contribution in [0.4, 0.5) is 13.2 Å². The summed E-state index contributed by atoms with van der Waals surface area (Å²) in [5, 5.41) is 1.06. The summed E-state index contributed by atoms with van der Waals surface area (Å²) in [5.41, 5.74) is 3.62. The zero-order valence-corrected chi connectivity index (χ0v) is 26.5. The van der Waals surface area contributed by atoms with Crippen LogP contribution in [0.3, 0.4) is 0 Å². The summed E-state index contributed by atoms with van der Waals surface area (Å²) in [7, 11) is 0. The summed E-state index contributed by atoms with van der Waals surface area (Å²) in [5.74, 6) is -0.328. The third-order valence-corrected chi connectivity index (χ3v) is 8.05. The van der Waals surface area contributed by atoms with Crippen LogP contribution in [0.15, 0.2) is 79.0 Å². The number of H-pyrrole nitrogens is 1. The maximum absolute atomic E-state index is 13.9. The highest BCUT2D eigenvalue weighted by Crippen LogP contribution is 2.29. The summed E-state index contributed by atoms with van der Waals surface area (Å²) < 4.78 is 39.5. The average Bonchev–Trinajstić information content (AvgIpc) is 3.43. The number of aromatic nitrogens is 1. The number of hydrogen-bond donors (Lipinski definition) is 1. The molecule has 4 rings (SSSR count). The van der Waals surface area contributed by atoms with Crippen LogP contribution in [-0.4, -0.2) is 46.2 Å². The van der Waals surface area contributed by atoms with Crippen molar-refractivity contribution in [2.75, 3.05) is 19.6 Å². The third kappa shape index (κ3) is 9.71. The van der Waals surface area contributed by atoms with Gasteiger partial charge in [-0.05, 0) is 72.2 Å². The van der Waals surface area contributed by atoms with Gasteiger partial charge >= 0.3 is 6.18 Å². The number of nitrogens with one attached hydrogen (secondary N) is 1. The number of rotatable bonds is 15. The molecule has 2 amide bonds. The van der Waals surface area contributed by atoms with Crippen LogP contribution in [-0.2, 0) is 30.4 Å². The monoisotopic (exact) mass is 619 g/mol. The van der Waals surface area contributed by atoms with Gasteiger partial charge in [0.15, 0.2) is 0 Å². The number of unbranched alkanes of at least 4 members (excludes halogenated alkanes) is 3. The van der Waals surface area contributed by atoms with Crippen molar-refractivity contribution < 1.29 is 22.8 Å². The molecule has 3 aromatic carbocycles. The zero-order chi connectivity index (χ0) is 32.4. The lowest BCUT2D eigenvalue weighted by molar-refractivity contribution is -0.137. The Bertz CT molecular complexity index is 1530. The normalized spacial score (nSPS) is 11.7. The Morgan fingerprint density at radius 2 is 1.51 bits per heavy atom. The van der Waals surface area contributed by atoms with E-state index < -0.39 is 11.7 Å². The van der Waals surface area contributed by atoms with Crippen LogP contribution >= 0.6 is 0 Å². The van der Waals surface area contributed by atoms with Crippen molar-refractivity contribution in [2.24, 2.45) is 5.92 Å². The molecule has 5 nitrogen and oxygen atoms in total. The minimum absolute atomic E-state index is 0.121. The smallest absolute Gasteiger partial charge is 0.361 e. The summed E-state index contributed by atoms with van der Waals surface area (Å²) in [6, 6.07) is 20.5. The Kier molecular flexibility index (Phi) is 11.9. The molecule has 0 bridgehead atoms. The molecule has 0 atom stereocenters. The molecule has 0 unspecified atom stereocenters. The van der Waals surface area contributed by atoms with E-state index >= 15 is 0 Å². The fraction of sp³-hybridized carbons (Fsp3) is 0.405. The number of amides is 2. The predicted molar refractivity (Wildman–Crippen MR) is 174 cm³/mol. The Hall–Kier alpha value is -4.07. The molecule has 0 fully saturated rings. The second kappa shape index (κ2) is 15.8. The molecule has 4 aromatic rings. The van der Waals surface area contributed by atoms with Gasteiger partial charge in [-0.25, -0.2) is 0 Å². The molecule has 0 saturated heterocycles. The van der Waals surface area contributed by atoms with Crippen molar-refractivity contribution in [3.63, 3.8) is 0 Å². The molecule has 0 saturated carbocycles. The predicted octanol–water partition coefficient (Wildman–Crippen LogP) is 8.68. The summed E-state index contributed by atoms with van der Waals surface area (Å²) >= 11 is 0. The second-order valence-corrected chi connectivity index (χ2v) is 12.2. The number of fused-ring (bicyclic) bond motifs is 1. The molecular weight excluding hydrogens is 575 g/mol. The molecule has 240 valence electrons. The standard InChI is InChI=1S/C37H44F3N3O2/c1-4-5-6-7-10-28-13-17-30(18-14-28)36(45)43(24-27(2)3)26-35(44)42(25-29-15-19-32(20-16-29)37(38,39)40)22-21-31-23-41-34-12-9-8-11-33(31)34/h8-9,11-20,23,27,41H,4-7,10,21-22,24-26H2,1-3H3. The van der Waals surface area contributed by atoms with Crippen molar-refractivity contribution in [1.82, 2.24) is 14.8 Å². The fourth-order valence-electron chi connectivity index (χ4n) is 5.58. The van der Waals surface area contributed by atoms with Gasteiger partial charge < -0.3 is 14.8 Å². The van der Waals surface area contributed by atoms with Gasteiger partial charge in [-0.15, -0.1) is 0 Å². The number of hydrogen-bond acceptors (Lipinski definition) is 2. The van der Waals surface area contributed by atoms with E-state index in [2.05, 4.69) is 11.9 Å². The van der Waals surface area contributed by atoms with Crippen LogP contribution in [0.2, 0.25) is 0 Å². The molecule has 0 spiro atoms. The van der Waals surface area contributed by atoms with Gasteiger partial charge in [-0.3, -0.25) is 9.59 Å². The van der Waals surface area contributed by atoms with Crippen LogP contribution in [0, 0.1) is 5.92 Å². The third-order valence-electron chi connectivity index (χ3n) is 8.05. The summed E-state index contributed by atoms with van der Waals surface area (Å²) in [6.45, 7) is 6.95. The molecular formula is C37H44F3N3O2. The number of carbonyl (C=O) groups excluding carboxylic acids is 2. The molecule has 8 heteroatoms. The topological polar surface area (TPSA) is 56.4 Å². The Balaban J connectivity index is 1.51. The number of benzene rings is 3. The van der Waals surface area contributed by atoms with Crippen LogP contribution < -0.4 is 0 Å². The van der Waals surface area contributed by atoms with Gasteiger partial charge in [0.1, 0.15) is 6.54 Å². The maximum atomic E-state index is 13.9. The van der Waals surface area contributed by atoms with Gasteiger partial charge in [0, 0.05) is 42.3 Å². The van der Waals surface area contributed by atoms with Gasteiger partial charge in [0.2, 0.25) is 5.91 Å². The van der Waals surface area contributed by atoms with Crippen molar-refractivity contribution in [1.29, 1.82) is 0 Å². The number of halogens is 3. The molecule has 45 heavy (non-hydrogen) atoms. The van der Waals surface area contributed by atoms with Crippen LogP contribution in [0.5, 0.6) is 0 Å². The van der Waals surface area contributed by atoms with Crippen LogP contribution in [0.1, 0.15) is 79.1 Å². The van der Waals surface area contributed by atoms with Gasteiger partial charge in [-0.2, -0.15) is 13.2 Å². The van der Waals surface area contributed by atoms with Crippen molar-refractivity contribution in [2.45, 2.75) is 72.0 Å². The molecule has 0 radical (unpaired) electrons. The van der Waals surface area contributed by atoms with E-state index in [0.29, 0.717) is 30.6 Å². The van der Waals surface area contributed by atoms with Crippen molar-refractivity contribution in [3.05, 3.63) is 107 Å². The minimum atomic E-state index is -4.44. The highest BCUT2D eigenvalue weighted by molar-refractivity contribution is 5.96. The van der Waals surface area contributed by atoms with E-state index in [1.54, 1.807) is 9.80 Å². The van der Waals surface area contributed by atoms with Gasteiger partial charge in [0.25, 0.3) is 5.91 Å². The first kappa shape index (κ1) is 33.8. The highest BCUT2D eigenvalue weighted by Gasteiger charge is 2.30. The number of para-hydroxylation sites is 1. The number of carbonyl (C=O) groups is 2. The average molecular weight is 620 g/mol. The van der Waals surface area contributed by atoms with Gasteiger partial charge in [0.05, 0.1) is 5.56 Å². The molecule has 1 aromatic heterocycles. The first-order chi connectivity index (χ1) is 21.5. The minimum Gasteiger partial charge on any atom is -0.361 e. The number of alkyl halides is 3. The quantitative estimate of drug-likeness (QED) is 0.135. The Labute approximate surface area is 264 Å². The van der Waals surface area contributed by atoms with E-state index in [4.69, 9.17) is 0 Å². The van der Waals surface area contributed by atoms with E-state index in [9.17, 15) is 22.8 Å². The fourth-order valence-corrected chi connectivity index (χ4v) is 5.58. The largest absolute Gasteiger partial charge is 0.416 e. The zero-order valence-electron chi connectivity index (χ0n) is 26.5. The number of aromatic amines is 1. The Morgan fingerprint density at radius 1 is 0.822 bits per heavy atom. The molecule has 0 aliphatic carbocycles. The summed E-state index contributed by atoms with van der Waals surface area (Å²) in [6.07, 6.45) is 3.70. The van der Waals surface area contributed by atoms with Gasteiger partial charge in [-0.1, -0.05) is 82.5 Å². The SMILES string of the molecule is CCCCCCc1ccc(C(=O)N(CC(=O)N(CCc2c[nH]c3ccccc23)Cc2ccc(C(F)(F)F)cc2)CC(C)C)cc1. The van der Waals surface area contributed by atoms with E-state index in [0.717, 1.165) is 41.4 Å². The van der Waals surface area contributed by atoms with E-state index in [1.165, 1.54) is 37.0 Å². The van der Waals surface area contributed by atoms with Crippen LogP contribution in [0.25, 0.3) is 10.9 Å². The lowest BCUT2D eigenvalue weighted by atomic mass is 10.0. The van der Waals surface area contributed by atoms with Crippen molar-refractivity contribution in [3.8, 4) is 0 Å². The highest BCUT2D eigenvalue weighted by atomic mass is 19.4. The van der Waals surface area contributed by atoms with E-state index in [-0.39, 0.29) is 30.8 Å². The lowest BCUT2D eigenvalue weighted by Gasteiger charge is -2.29. The Morgan fingerprint density at radius 3 is 2.18 bits per heavy atom. The maximum Gasteiger partial charge on any atom is 0.416 e. The summed E-state index contributed by atoms with van der Waals surface area (Å²) in [4.78, 5) is 34.1. The molecule has 1 heterocycles. The second-order valence-electron chi connectivity index (χ2n) is 12.2. The van der Waals surface area contributed by atoms with E-state index in [1.807, 2.05) is 68.6 Å². The number of nitrogens with zero attached hydrogens (tertiary/aromatic N) is 2.